The van der Waals surface area contributed by atoms with E-state index in [4.69, 9.17) is 9.47 Å². The van der Waals surface area contributed by atoms with E-state index in [9.17, 15) is 8.42 Å². The molecule has 0 amide bonds. The number of rotatable bonds is 5. The van der Waals surface area contributed by atoms with Crippen molar-refractivity contribution in [3.05, 3.63) is 35.5 Å². The summed E-state index contributed by atoms with van der Waals surface area (Å²) in [6, 6.07) is 5.12. The highest BCUT2D eigenvalue weighted by Crippen LogP contribution is 2.31. The van der Waals surface area contributed by atoms with Crippen LogP contribution in [0.15, 0.2) is 29.6 Å². The van der Waals surface area contributed by atoms with E-state index in [1.165, 1.54) is 7.05 Å². The second kappa shape index (κ2) is 6.49. The van der Waals surface area contributed by atoms with Gasteiger partial charge in [0.2, 0.25) is 5.16 Å². The van der Waals surface area contributed by atoms with Crippen LogP contribution in [-0.2, 0) is 10.0 Å². The van der Waals surface area contributed by atoms with E-state index < -0.39 is 10.0 Å². The summed E-state index contributed by atoms with van der Waals surface area (Å²) in [4.78, 5) is 11.3. The number of nitrogens with zero attached hydrogens (tertiary/aromatic N) is 3. The van der Waals surface area contributed by atoms with Gasteiger partial charge in [0, 0.05) is 30.4 Å². The molecular weight excluding hydrogens is 356 g/mol. The molecule has 0 radical (unpaired) electrons. The predicted molar refractivity (Wildman–Crippen MR) is 98.5 cm³/mol. The lowest BCUT2D eigenvalue weighted by molar-refractivity contribution is 0.408. The Morgan fingerprint density at radius 3 is 2.54 bits per heavy atom. The minimum atomic E-state index is -3.93. The van der Waals surface area contributed by atoms with E-state index in [1.54, 1.807) is 45.5 Å². The summed E-state index contributed by atoms with van der Waals surface area (Å²) in [5.74, 6) is 1.49. The normalized spacial score (nSPS) is 11.6. The number of fused-ring (bicyclic) bond motifs is 1. The third-order valence-corrected chi connectivity index (χ3v) is 5.77. The Bertz CT molecular complexity index is 1080. The maximum absolute atomic E-state index is 13.0. The fraction of sp³-hybridized carbons (Fsp3) is 0.294. The van der Waals surface area contributed by atoms with Crippen LogP contribution >= 0.6 is 0 Å². The number of pyridine rings is 1. The van der Waals surface area contributed by atoms with Crippen LogP contribution in [0.2, 0.25) is 0 Å². The fourth-order valence-electron chi connectivity index (χ4n) is 2.80. The topological polar surface area (TPSA) is 97.4 Å². The monoisotopic (exact) mass is 376 g/mol. The van der Waals surface area contributed by atoms with Gasteiger partial charge in [0.05, 0.1) is 25.3 Å². The second-order valence-corrected chi connectivity index (χ2v) is 7.71. The first kappa shape index (κ1) is 18.0. The van der Waals surface area contributed by atoms with Crippen molar-refractivity contribution in [2.45, 2.75) is 19.0 Å². The average Bonchev–Trinajstić information content (AvgIpc) is 3.05. The van der Waals surface area contributed by atoms with Crippen LogP contribution in [-0.4, -0.2) is 44.6 Å². The molecule has 0 unspecified atom stereocenters. The van der Waals surface area contributed by atoms with Gasteiger partial charge in [-0.25, -0.2) is 14.3 Å². The number of hydrogen-bond acceptors (Lipinski definition) is 6. The maximum Gasteiger partial charge on any atom is 0.299 e. The molecule has 0 spiro atoms. The highest BCUT2D eigenvalue weighted by Gasteiger charge is 2.28. The molecule has 2 heterocycles. The molecule has 3 aromatic rings. The molecule has 138 valence electrons. The van der Waals surface area contributed by atoms with Crippen molar-refractivity contribution in [2.75, 3.05) is 25.6 Å². The largest absolute Gasteiger partial charge is 0.497 e. The SMILES string of the molecule is COc1ccc2[nH]c(S(=O)(=O)N(C)c3ncc(C)c(OC)c3C)nc2c1. The summed E-state index contributed by atoms with van der Waals surface area (Å²) in [5.41, 5.74) is 2.57. The second-order valence-electron chi connectivity index (χ2n) is 5.82. The van der Waals surface area contributed by atoms with Gasteiger partial charge in [-0.15, -0.1) is 0 Å². The molecule has 3 rings (SSSR count). The molecule has 0 bridgehead atoms. The van der Waals surface area contributed by atoms with Gasteiger partial charge in [-0.2, -0.15) is 8.42 Å². The zero-order chi connectivity index (χ0) is 19.1. The van der Waals surface area contributed by atoms with Crippen LogP contribution in [0.5, 0.6) is 11.5 Å². The molecule has 1 aromatic carbocycles. The summed E-state index contributed by atoms with van der Waals surface area (Å²) < 4.78 is 37.6. The first-order valence-electron chi connectivity index (χ1n) is 7.82. The number of benzene rings is 1. The lowest BCUT2D eigenvalue weighted by Gasteiger charge is -2.20. The van der Waals surface area contributed by atoms with Gasteiger partial charge in [-0.3, -0.25) is 0 Å². The molecule has 0 aliphatic carbocycles. The first-order chi connectivity index (χ1) is 12.3. The van der Waals surface area contributed by atoms with Crippen LogP contribution in [0.1, 0.15) is 11.1 Å². The summed E-state index contributed by atoms with van der Waals surface area (Å²) in [5, 5.41) is -0.163. The van der Waals surface area contributed by atoms with Gasteiger partial charge in [0.15, 0.2) is 0 Å². The number of imidazole rings is 1. The van der Waals surface area contributed by atoms with Crippen molar-refractivity contribution in [3.8, 4) is 11.5 Å². The number of aromatic amines is 1. The quantitative estimate of drug-likeness (QED) is 0.734. The molecule has 0 saturated heterocycles. The lowest BCUT2D eigenvalue weighted by Crippen LogP contribution is -2.29. The summed E-state index contributed by atoms with van der Waals surface area (Å²) in [6.07, 6.45) is 1.58. The highest BCUT2D eigenvalue weighted by molar-refractivity contribution is 7.92. The number of methoxy groups -OCH3 is 2. The van der Waals surface area contributed by atoms with Crippen LogP contribution in [0.4, 0.5) is 5.82 Å². The Morgan fingerprint density at radius 2 is 1.88 bits per heavy atom. The van der Waals surface area contributed by atoms with Gasteiger partial charge in [0.25, 0.3) is 10.0 Å². The standard InChI is InChI=1S/C17H20N4O4S/c1-10-9-18-16(11(2)15(10)25-5)21(3)26(22,23)17-19-13-7-6-12(24-4)8-14(13)20-17/h6-9H,1-5H3,(H,19,20). The highest BCUT2D eigenvalue weighted by atomic mass is 32.2. The number of aryl methyl sites for hydroxylation is 1. The molecule has 2 aromatic heterocycles. The van der Waals surface area contributed by atoms with Crippen molar-refractivity contribution >= 4 is 26.9 Å². The fourth-order valence-corrected chi connectivity index (χ4v) is 3.92. The van der Waals surface area contributed by atoms with E-state index in [0.29, 0.717) is 28.1 Å². The van der Waals surface area contributed by atoms with E-state index in [2.05, 4.69) is 15.0 Å². The number of aromatic nitrogens is 3. The van der Waals surface area contributed by atoms with E-state index in [-0.39, 0.29) is 11.0 Å². The predicted octanol–water partition coefficient (Wildman–Crippen LogP) is 2.42. The van der Waals surface area contributed by atoms with Crippen LogP contribution in [0.25, 0.3) is 11.0 Å². The molecule has 26 heavy (non-hydrogen) atoms. The van der Waals surface area contributed by atoms with Gasteiger partial charge in [-0.1, -0.05) is 0 Å². The number of hydrogen-bond donors (Lipinski definition) is 1. The summed E-state index contributed by atoms with van der Waals surface area (Å²) in [6.45, 7) is 3.62. The van der Waals surface area contributed by atoms with Crippen LogP contribution < -0.4 is 13.8 Å². The third kappa shape index (κ3) is 2.84. The zero-order valence-corrected chi connectivity index (χ0v) is 16.0. The maximum atomic E-state index is 13.0. The van der Waals surface area contributed by atoms with Crippen molar-refractivity contribution in [1.82, 2.24) is 15.0 Å². The minimum absolute atomic E-state index is 0.163. The minimum Gasteiger partial charge on any atom is -0.497 e. The Balaban J connectivity index is 2.08. The molecule has 0 fully saturated rings. The molecule has 8 nitrogen and oxygen atoms in total. The van der Waals surface area contributed by atoms with Crippen molar-refractivity contribution in [2.24, 2.45) is 0 Å². The van der Waals surface area contributed by atoms with Crippen molar-refractivity contribution in [1.29, 1.82) is 0 Å². The molecule has 0 aliphatic heterocycles. The number of anilines is 1. The van der Waals surface area contributed by atoms with Gasteiger partial charge >= 0.3 is 0 Å². The number of sulfonamides is 1. The first-order valence-corrected chi connectivity index (χ1v) is 9.26. The van der Waals surface area contributed by atoms with E-state index in [1.807, 2.05) is 6.92 Å². The lowest BCUT2D eigenvalue weighted by atomic mass is 10.2. The summed E-state index contributed by atoms with van der Waals surface area (Å²) >= 11 is 0. The Labute approximate surface area is 151 Å². The Hall–Kier alpha value is -2.81. The molecule has 0 atom stereocenters. The number of ether oxygens (including phenoxy) is 2. The van der Waals surface area contributed by atoms with Crippen LogP contribution in [0, 0.1) is 13.8 Å². The Morgan fingerprint density at radius 1 is 1.15 bits per heavy atom. The Kier molecular flexibility index (Phi) is 4.49. The van der Waals surface area contributed by atoms with Crippen molar-refractivity contribution in [3.63, 3.8) is 0 Å². The third-order valence-electron chi connectivity index (χ3n) is 4.19. The van der Waals surface area contributed by atoms with Crippen LogP contribution in [0.3, 0.4) is 0 Å². The van der Waals surface area contributed by atoms with Gasteiger partial charge in [-0.05, 0) is 26.0 Å². The molecule has 1 N–H and O–H groups in total. The van der Waals surface area contributed by atoms with Crippen molar-refractivity contribution < 1.29 is 17.9 Å². The van der Waals surface area contributed by atoms with E-state index >= 15 is 0 Å². The molecule has 0 aliphatic rings. The smallest absolute Gasteiger partial charge is 0.299 e. The molecule has 0 saturated carbocycles. The average molecular weight is 376 g/mol. The van der Waals surface area contributed by atoms with E-state index in [0.717, 1.165) is 9.87 Å². The number of H-pyrrole nitrogens is 1. The van der Waals surface area contributed by atoms with Gasteiger partial charge < -0.3 is 14.5 Å². The molecule has 9 heteroatoms. The molecular formula is C17H20N4O4S. The van der Waals surface area contributed by atoms with Gasteiger partial charge in [0.1, 0.15) is 17.3 Å². The zero-order valence-electron chi connectivity index (χ0n) is 15.2. The number of nitrogens with one attached hydrogen (secondary N) is 1. The summed E-state index contributed by atoms with van der Waals surface area (Å²) in [7, 11) is 0.594.